The number of pyridine rings is 1. The Balaban J connectivity index is 2.20. The molecule has 1 aromatic heterocycles. The summed E-state index contributed by atoms with van der Waals surface area (Å²) >= 11 is 5.73. The molecule has 0 spiro atoms. The van der Waals surface area contributed by atoms with E-state index in [4.69, 9.17) is 11.6 Å². The van der Waals surface area contributed by atoms with E-state index in [2.05, 4.69) is 10.3 Å². The molecule has 0 aliphatic carbocycles. The Morgan fingerprint density at radius 2 is 2.05 bits per heavy atom. The molecule has 22 heavy (non-hydrogen) atoms. The van der Waals surface area contributed by atoms with Gasteiger partial charge in [0.2, 0.25) is 0 Å². The molecule has 0 saturated carbocycles. The number of hydrogen-bond donors (Lipinski definition) is 2. The van der Waals surface area contributed by atoms with Crippen LogP contribution in [0.3, 0.4) is 0 Å². The summed E-state index contributed by atoms with van der Waals surface area (Å²) in [6.07, 6.45) is 1.40. The van der Waals surface area contributed by atoms with Gasteiger partial charge in [0.25, 0.3) is 0 Å². The molecule has 0 fully saturated rings. The second-order valence-corrected chi connectivity index (χ2v) is 5.05. The van der Waals surface area contributed by atoms with Crippen molar-refractivity contribution >= 4 is 33.9 Å². The molecule has 0 saturated heterocycles. The standard InChI is InChI=1S/C16H9ClFN3O/c17-10-1-3-15(13(18)5-10)21-16-9(7-19)8-20-14-4-2-11(22)6-12(14)16/h1-6,8,22H,(H,20,21). The number of rotatable bonds is 2. The largest absolute Gasteiger partial charge is 0.508 e. The molecule has 2 aromatic carbocycles. The van der Waals surface area contributed by atoms with Gasteiger partial charge < -0.3 is 10.4 Å². The van der Waals surface area contributed by atoms with Crippen LogP contribution >= 0.6 is 11.6 Å². The molecular formula is C16H9ClFN3O. The van der Waals surface area contributed by atoms with Gasteiger partial charge in [0.15, 0.2) is 0 Å². The maximum absolute atomic E-state index is 14.0. The molecule has 3 rings (SSSR count). The molecule has 0 bridgehead atoms. The van der Waals surface area contributed by atoms with Crippen molar-refractivity contribution in [2.45, 2.75) is 0 Å². The monoisotopic (exact) mass is 313 g/mol. The highest BCUT2D eigenvalue weighted by molar-refractivity contribution is 6.30. The molecule has 0 atom stereocenters. The number of phenols is 1. The fraction of sp³-hybridized carbons (Fsp3) is 0. The Morgan fingerprint density at radius 3 is 2.77 bits per heavy atom. The van der Waals surface area contributed by atoms with Gasteiger partial charge in [0, 0.05) is 16.6 Å². The lowest BCUT2D eigenvalue weighted by atomic mass is 10.1. The van der Waals surface area contributed by atoms with Crippen LogP contribution in [0.4, 0.5) is 15.8 Å². The van der Waals surface area contributed by atoms with E-state index in [0.717, 1.165) is 0 Å². The lowest BCUT2D eigenvalue weighted by molar-refractivity contribution is 0.476. The van der Waals surface area contributed by atoms with Gasteiger partial charge in [0.1, 0.15) is 17.6 Å². The Hall–Kier alpha value is -2.84. The molecule has 0 aliphatic rings. The average molecular weight is 314 g/mol. The van der Waals surface area contributed by atoms with Crippen molar-refractivity contribution in [3.8, 4) is 11.8 Å². The predicted molar refractivity (Wildman–Crippen MR) is 82.8 cm³/mol. The Labute approximate surface area is 130 Å². The smallest absolute Gasteiger partial charge is 0.148 e. The number of nitriles is 1. The first kappa shape index (κ1) is 14.1. The van der Waals surface area contributed by atoms with E-state index in [1.807, 2.05) is 6.07 Å². The van der Waals surface area contributed by atoms with Crippen LogP contribution in [-0.2, 0) is 0 Å². The van der Waals surface area contributed by atoms with Crippen LogP contribution in [0.15, 0.2) is 42.6 Å². The Morgan fingerprint density at radius 1 is 1.23 bits per heavy atom. The van der Waals surface area contributed by atoms with E-state index >= 15 is 0 Å². The zero-order valence-electron chi connectivity index (χ0n) is 11.1. The van der Waals surface area contributed by atoms with Crippen LogP contribution in [0.5, 0.6) is 5.75 Å². The van der Waals surface area contributed by atoms with E-state index in [1.54, 1.807) is 12.1 Å². The van der Waals surface area contributed by atoms with Crippen molar-refractivity contribution in [1.29, 1.82) is 5.26 Å². The quantitative estimate of drug-likeness (QED) is 0.738. The lowest BCUT2D eigenvalue weighted by Crippen LogP contribution is -1.98. The zero-order valence-corrected chi connectivity index (χ0v) is 11.9. The molecule has 0 radical (unpaired) electrons. The van der Waals surface area contributed by atoms with Crippen LogP contribution < -0.4 is 5.32 Å². The molecule has 2 N–H and O–H groups in total. The highest BCUT2D eigenvalue weighted by Gasteiger charge is 2.12. The molecule has 0 aliphatic heterocycles. The molecule has 1 heterocycles. The fourth-order valence-corrected chi connectivity index (χ4v) is 2.28. The van der Waals surface area contributed by atoms with Crippen LogP contribution in [0.25, 0.3) is 10.9 Å². The summed E-state index contributed by atoms with van der Waals surface area (Å²) in [5, 5.41) is 22.6. The van der Waals surface area contributed by atoms with Gasteiger partial charge in [-0.05, 0) is 36.4 Å². The van der Waals surface area contributed by atoms with E-state index in [9.17, 15) is 14.8 Å². The summed E-state index contributed by atoms with van der Waals surface area (Å²) in [6, 6.07) is 10.8. The predicted octanol–water partition coefficient (Wildman–Crippen LogP) is 4.35. The van der Waals surface area contributed by atoms with E-state index < -0.39 is 5.82 Å². The number of hydrogen-bond acceptors (Lipinski definition) is 4. The Bertz CT molecular complexity index is 921. The van der Waals surface area contributed by atoms with Gasteiger partial charge in [-0.3, -0.25) is 4.98 Å². The minimum Gasteiger partial charge on any atom is -0.508 e. The van der Waals surface area contributed by atoms with E-state index in [1.165, 1.54) is 30.5 Å². The third-order valence-electron chi connectivity index (χ3n) is 3.16. The number of aromatic nitrogens is 1. The van der Waals surface area contributed by atoms with Crippen LogP contribution in [0.2, 0.25) is 5.02 Å². The molecule has 6 heteroatoms. The second-order valence-electron chi connectivity index (χ2n) is 4.61. The zero-order chi connectivity index (χ0) is 15.7. The minimum absolute atomic E-state index is 0.0315. The maximum Gasteiger partial charge on any atom is 0.148 e. The summed E-state index contributed by atoms with van der Waals surface area (Å²) in [4.78, 5) is 4.14. The number of halogens is 2. The van der Waals surface area contributed by atoms with Crippen LogP contribution in [-0.4, -0.2) is 10.1 Å². The topological polar surface area (TPSA) is 68.9 Å². The van der Waals surface area contributed by atoms with Crippen molar-refractivity contribution in [2.24, 2.45) is 0 Å². The maximum atomic E-state index is 14.0. The lowest BCUT2D eigenvalue weighted by Gasteiger charge is -2.12. The number of fused-ring (bicyclic) bond motifs is 1. The first-order valence-corrected chi connectivity index (χ1v) is 6.70. The summed E-state index contributed by atoms with van der Waals surface area (Å²) in [6.45, 7) is 0. The third kappa shape index (κ3) is 2.52. The molecule has 0 unspecified atom stereocenters. The van der Waals surface area contributed by atoms with E-state index in [-0.39, 0.29) is 22.0 Å². The normalized spacial score (nSPS) is 10.4. The van der Waals surface area contributed by atoms with Gasteiger partial charge in [-0.1, -0.05) is 11.6 Å². The average Bonchev–Trinajstić information content (AvgIpc) is 2.50. The first-order valence-electron chi connectivity index (χ1n) is 6.32. The molecule has 0 amide bonds. The van der Waals surface area contributed by atoms with Gasteiger partial charge in [-0.2, -0.15) is 5.26 Å². The van der Waals surface area contributed by atoms with Crippen LogP contribution in [0, 0.1) is 17.1 Å². The van der Waals surface area contributed by atoms with E-state index in [0.29, 0.717) is 16.6 Å². The summed E-state index contributed by atoms with van der Waals surface area (Å²) in [5.74, 6) is -0.509. The summed E-state index contributed by atoms with van der Waals surface area (Å²) in [7, 11) is 0. The van der Waals surface area contributed by atoms with Crippen molar-refractivity contribution in [3.63, 3.8) is 0 Å². The van der Waals surface area contributed by atoms with Crippen molar-refractivity contribution in [1.82, 2.24) is 4.98 Å². The number of phenolic OH excluding ortho intramolecular Hbond substituents is 1. The van der Waals surface area contributed by atoms with Crippen LogP contribution in [0.1, 0.15) is 5.56 Å². The van der Waals surface area contributed by atoms with Crippen molar-refractivity contribution < 1.29 is 9.50 Å². The van der Waals surface area contributed by atoms with Gasteiger partial charge in [-0.15, -0.1) is 0 Å². The SMILES string of the molecule is N#Cc1cnc2ccc(O)cc2c1Nc1ccc(Cl)cc1F. The number of aromatic hydroxyl groups is 1. The summed E-state index contributed by atoms with van der Waals surface area (Å²) < 4.78 is 14.0. The number of nitrogens with zero attached hydrogens (tertiary/aromatic N) is 2. The van der Waals surface area contributed by atoms with Gasteiger partial charge in [0.05, 0.1) is 22.5 Å². The van der Waals surface area contributed by atoms with Crippen molar-refractivity contribution in [2.75, 3.05) is 5.32 Å². The van der Waals surface area contributed by atoms with Crippen molar-refractivity contribution in [3.05, 3.63) is 59.0 Å². The third-order valence-corrected chi connectivity index (χ3v) is 3.40. The number of anilines is 2. The molecule has 108 valence electrons. The molecule has 4 nitrogen and oxygen atoms in total. The molecular weight excluding hydrogens is 305 g/mol. The highest BCUT2D eigenvalue weighted by Crippen LogP contribution is 2.32. The summed E-state index contributed by atoms with van der Waals surface area (Å²) in [5.41, 5.74) is 1.38. The number of nitrogens with one attached hydrogen (secondary N) is 1. The minimum atomic E-state index is -0.540. The fourth-order valence-electron chi connectivity index (χ4n) is 2.13. The molecule has 3 aromatic rings. The highest BCUT2D eigenvalue weighted by atomic mass is 35.5. The van der Waals surface area contributed by atoms with Gasteiger partial charge >= 0.3 is 0 Å². The first-order chi connectivity index (χ1) is 10.6. The Kier molecular flexibility index (Phi) is 3.53. The number of benzene rings is 2. The second kappa shape index (κ2) is 5.51. The van der Waals surface area contributed by atoms with Gasteiger partial charge in [-0.25, -0.2) is 4.39 Å².